The number of carbonyl (C=O) groups excluding carboxylic acids is 1. The van der Waals surface area contributed by atoms with Crippen LogP contribution >= 0.6 is 0 Å². The second-order valence-electron chi connectivity index (χ2n) is 6.98. The standard InChI is InChI=1S/C19H23N3O3/c1-25-19-6-5-15(23)12-16(19)22(10-7-19)18(24)14-4-2-3-13(11-14)17-20-8-9-21-17/h2-4,8-9,11,15-16,23H,5-7,10,12H2,1H3,(H,20,21)/t15-,16-,19+/m0/s1. The van der Waals surface area contributed by atoms with Gasteiger partial charge in [-0.1, -0.05) is 12.1 Å². The van der Waals surface area contributed by atoms with Crippen LogP contribution in [0.25, 0.3) is 11.4 Å². The normalized spacial score (nSPS) is 28.8. The number of methoxy groups -OCH3 is 1. The summed E-state index contributed by atoms with van der Waals surface area (Å²) in [6, 6.07) is 7.44. The number of hydrogen-bond acceptors (Lipinski definition) is 4. The molecule has 1 aromatic heterocycles. The number of ether oxygens (including phenoxy) is 1. The Bertz CT molecular complexity index is 761. The van der Waals surface area contributed by atoms with Crippen LogP contribution in [0, 0.1) is 0 Å². The Hall–Kier alpha value is -2.18. The van der Waals surface area contributed by atoms with Crippen LogP contribution in [0.2, 0.25) is 0 Å². The van der Waals surface area contributed by atoms with Crippen LogP contribution < -0.4 is 0 Å². The smallest absolute Gasteiger partial charge is 0.254 e. The highest BCUT2D eigenvalue weighted by Gasteiger charge is 2.52. The summed E-state index contributed by atoms with van der Waals surface area (Å²) in [5, 5.41) is 10.1. The number of imidazole rings is 1. The molecule has 2 heterocycles. The molecule has 2 aromatic rings. The Morgan fingerprint density at radius 1 is 1.44 bits per heavy atom. The van der Waals surface area contributed by atoms with Crippen molar-refractivity contribution in [3.63, 3.8) is 0 Å². The van der Waals surface area contributed by atoms with Crippen LogP contribution in [-0.4, -0.2) is 57.3 Å². The largest absolute Gasteiger partial charge is 0.393 e. The Balaban J connectivity index is 1.62. The first-order valence-corrected chi connectivity index (χ1v) is 8.77. The molecule has 0 unspecified atom stereocenters. The number of likely N-dealkylation sites (tertiary alicyclic amines) is 1. The number of nitrogens with one attached hydrogen (secondary N) is 1. The van der Waals surface area contributed by atoms with E-state index in [4.69, 9.17) is 4.74 Å². The van der Waals surface area contributed by atoms with Gasteiger partial charge < -0.3 is 19.7 Å². The van der Waals surface area contributed by atoms with E-state index >= 15 is 0 Å². The minimum atomic E-state index is -0.365. The maximum atomic E-state index is 13.1. The molecule has 1 aliphatic carbocycles. The molecule has 25 heavy (non-hydrogen) atoms. The van der Waals surface area contributed by atoms with Crippen LogP contribution in [0.3, 0.4) is 0 Å². The quantitative estimate of drug-likeness (QED) is 0.897. The first-order chi connectivity index (χ1) is 12.1. The Morgan fingerprint density at radius 2 is 2.32 bits per heavy atom. The summed E-state index contributed by atoms with van der Waals surface area (Å²) in [7, 11) is 1.72. The van der Waals surface area contributed by atoms with E-state index in [1.165, 1.54) is 0 Å². The van der Waals surface area contributed by atoms with E-state index < -0.39 is 0 Å². The number of nitrogens with zero attached hydrogens (tertiary/aromatic N) is 2. The number of benzene rings is 1. The van der Waals surface area contributed by atoms with Gasteiger partial charge in [-0.3, -0.25) is 4.79 Å². The number of aromatic amines is 1. The predicted octanol–water partition coefficient (Wildman–Crippen LogP) is 2.22. The van der Waals surface area contributed by atoms with Gasteiger partial charge >= 0.3 is 0 Å². The lowest BCUT2D eigenvalue weighted by atomic mass is 9.79. The van der Waals surface area contributed by atoms with Crippen LogP contribution in [0.4, 0.5) is 0 Å². The molecule has 2 fully saturated rings. The SMILES string of the molecule is CO[C@@]12CC[C@H](O)C[C@@H]1N(C(=O)c1cccc(-c3ncc[nH]3)c1)CC2. The van der Waals surface area contributed by atoms with E-state index in [0.29, 0.717) is 18.5 Å². The average Bonchev–Trinajstić information content (AvgIpc) is 3.29. The van der Waals surface area contributed by atoms with Crippen LogP contribution in [-0.2, 0) is 4.74 Å². The monoisotopic (exact) mass is 341 g/mol. The number of aromatic nitrogens is 2. The third-order valence-corrected chi connectivity index (χ3v) is 5.70. The van der Waals surface area contributed by atoms with Gasteiger partial charge in [0.2, 0.25) is 0 Å². The van der Waals surface area contributed by atoms with Gasteiger partial charge in [0.25, 0.3) is 5.91 Å². The van der Waals surface area contributed by atoms with Crippen molar-refractivity contribution in [1.82, 2.24) is 14.9 Å². The summed E-state index contributed by atoms with van der Waals surface area (Å²) in [6.45, 7) is 0.662. The zero-order chi connectivity index (χ0) is 17.4. The van der Waals surface area contributed by atoms with Gasteiger partial charge in [-0.15, -0.1) is 0 Å². The molecule has 0 radical (unpaired) electrons. The minimum Gasteiger partial charge on any atom is -0.393 e. The Kier molecular flexibility index (Phi) is 4.09. The maximum absolute atomic E-state index is 13.1. The van der Waals surface area contributed by atoms with Crippen molar-refractivity contribution in [2.24, 2.45) is 0 Å². The van der Waals surface area contributed by atoms with Gasteiger partial charge in [-0.25, -0.2) is 4.98 Å². The van der Waals surface area contributed by atoms with Gasteiger partial charge in [-0.2, -0.15) is 0 Å². The van der Waals surface area contributed by atoms with Crippen LogP contribution in [0.1, 0.15) is 36.0 Å². The predicted molar refractivity (Wildman–Crippen MR) is 93.1 cm³/mol. The van der Waals surface area contributed by atoms with Crippen molar-refractivity contribution in [1.29, 1.82) is 0 Å². The van der Waals surface area contributed by atoms with E-state index in [1.807, 2.05) is 29.2 Å². The highest BCUT2D eigenvalue weighted by atomic mass is 16.5. The third kappa shape index (κ3) is 2.75. The molecule has 132 valence electrons. The van der Waals surface area contributed by atoms with Crippen molar-refractivity contribution in [2.75, 3.05) is 13.7 Å². The van der Waals surface area contributed by atoms with Gasteiger partial charge in [-0.05, 0) is 37.8 Å². The highest BCUT2D eigenvalue weighted by molar-refractivity contribution is 5.95. The molecule has 2 N–H and O–H groups in total. The number of aliphatic hydroxyl groups excluding tert-OH is 1. The number of rotatable bonds is 3. The molecule has 4 rings (SSSR count). The van der Waals surface area contributed by atoms with E-state index in [-0.39, 0.29) is 23.7 Å². The van der Waals surface area contributed by atoms with E-state index in [9.17, 15) is 9.90 Å². The number of aliphatic hydroxyl groups is 1. The molecule has 6 nitrogen and oxygen atoms in total. The second-order valence-corrected chi connectivity index (χ2v) is 6.98. The molecule has 6 heteroatoms. The molecule has 2 aliphatic rings. The zero-order valence-corrected chi connectivity index (χ0v) is 14.3. The lowest BCUT2D eigenvalue weighted by Gasteiger charge is -2.42. The van der Waals surface area contributed by atoms with Gasteiger partial charge in [0.05, 0.1) is 17.7 Å². The van der Waals surface area contributed by atoms with Gasteiger partial charge in [0.15, 0.2) is 0 Å². The summed E-state index contributed by atoms with van der Waals surface area (Å²) in [5.41, 5.74) is 1.21. The highest BCUT2D eigenvalue weighted by Crippen LogP contribution is 2.43. The molecule has 1 aromatic carbocycles. The Morgan fingerprint density at radius 3 is 3.08 bits per heavy atom. The maximum Gasteiger partial charge on any atom is 0.254 e. The van der Waals surface area contributed by atoms with E-state index in [1.54, 1.807) is 19.5 Å². The fraction of sp³-hybridized carbons (Fsp3) is 0.474. The molecule has 1 saturated heterocycles. The van der Waals surface area contributed by atoms with Gasteiger partial charge in [0, 0.05) is 37.2 Å². The summed E-state index contributed by atoms with van der Waals surface area (Å²) < 4.78 is 5.83. The first kappa shape index (κ1) is 16.3. The van der Waals surface area contributed by atoms with Crippen molar-refractivity contribution in [3.8, 4) is 11.4 Å². The summed E-state index contributed by atoms with van der Waals surface area (Å²) >= 11 is 0. The Labute approximate surface area is 146 Å². The van der Waals surface area contributed by atoms with Gasteiger partial charge in [0.1, 0.15) is 5.82 Å². The minimum absolute atomic E-state index is 0.00793. The van der Waals surface area contributed by atoms with Crippen molar-refractivity contribution in [2.45, 2.75) is 43.4 Å². The van der Waals surface area contributed by atoms with E-state index in [0.717, 1.165) is 30.7 Å². The van der Waals surface area contributed by atoms with Crippen molar-refractivity contribution in [3.05, 3.63) is 42.2 Å². The molecule has 3 atom stereocenters. The fourth-order valence-electron chi connectivity index (χ4n) is 4.31. The molecular formula is C19H23N3O3. The van der Waals surface area contributed by atoms with Crippen LogP contribution in [0.5, 0.6) is 0 Å². The number of carbonyl (C=O) groups is 1. The zero-order valence-electron chi connectivity index (χ0n) is 14.3. The number of fused-ring (bicyclic) bond motifs is 1. The number of hydrogen-bond donors (Lipinski definition) is 2. The molecule has 1 saturated carbocycles. The summed E-state index contributed by atoms with van der Waals surface area (Å²) in [4.78, 5) is 22.3. The number of amides is 1. The molecule has 1 aliphatic heterocycles. The van der Waals surface area contributed by atoms with Crippen LogP contribution in [0.15, 0.2) is 36.7 Å². The third-order valence-electron chi connectivity index (χ3n) is 5.70. The fourth-order valence-corrected chi connectivity index (χ4v) is 4.31. The van der Waals surface area contributed by atoms with E-state index in [2.05, 4.69) is 9.97 Å². The van der Waals surface area contributed by atoms with Crippen molar-refractivity contribution >= 4 is 5.91 Å². The second kappa shape index (κ2) is 6.28. The lowest BCUT2D eigenvalue weighted by Crippen LogP contribution is -2.52. The summed E-state index contributed by atoms with van der Waals surface area (Å²) in [6.07, 6.45) is 6.03. The summed E-state index contributed by atoms with van der Waals surface area (Å²) in [5.74, 6) is 0.738. The average molecular weight is 341 g/mol. The number of H-pyrrole nitrogens is 1. The first-order valence-electron chi connectivity index (χ1n) is 8.77. The molecule has 0 spiro atoms. The lowest BCUT2D eigenvalue weighted by molar-refractivity contribution is -0.0824. The molecular weight excluding hydrogens is 318 g/mol. The topological polar surface area (TPSA) is 78.5 Å². The van der Waals surface area contributed by atoms with Crippen molar-refractivity contribution < 1.29 is 14.6 Å². The molecule has 0 bridgehead atoms. The molecule has 1 amide bonds.